The van der Waals surface area contributed by atoms with E-state index in [0.717, 1.165) is 11.6 Å². The Morgan fingerprint density at radius 1 is 1.20 bits per heavy atom. The topological polar surface area (TPSA) is 107 Å². The zero-order valence-corrected chi connectivity index (χ0v) is 16.5. The molecule has 2 atom stereocenters. The summed E-state index contributed by atoms with van der Waals surface area (Å²) in [7, 11) is 0. The molecule has 3 N–H and O–H groups in total. The first kappa shape index (κ1) is 21.4. The molecule has 158 valence electrons. The molecule has 0 aliphatic heterocycles. The summed E-state index contributed by atoms with van der Waals surface area (Å²) in [4.78, 5) is 21.0. The third-order valence-corrected chi connectivity index (χ3v) is 4.41. The molecule has 0 saturated carbocycles. The van der Waals surface area contributed by atoms with Crippen molar-refractivity contribution in [3.05, 3.63) is 64.9 Å². The van der Waals surface area contributed by atoms with E-state index in [1.54, 1.807) is 32.2 Å². The van der Waals surface area contributed by atoms with E-state index >= 15 is 0 Å². The number of nitrogens with two attached hydrogens (primary N) is 1. The van der Waals surface area contributed by atoms with Crippen LogP contribution in [0.1, 0.15) is 52.2 Å². The fourth-order valence-electron chi connectivity index (χ4n) is 2.77. The molecule has 3 aromatic rings. The van der Waals surface area contributed by atoms with Crippen LogP contribution in [0.15, 0.2) is 41.1 Å². The highest BCUT2D eigenvalue weighted by atomic mass is 19.4. The second kappa shape index (κ2) is 8.23. The number of rotatable bonds is 5. The molecular formula is C20H20F3N5O2. The summed E-state index contributed by atoms with van der Waals surface area (Å²) in [6.45, 7) is 5.08. The molecule has 30 heavy (non-hydrogen) atoms. The molecule has 0 aliphatic carbocycles. The van der Waals surface area contributed by atoms with Crippen LogP contribution in [-0.4, -0.2) is 27.2 Å². The Morgan fingerprint density at radius 3 is 2.50 bits per heavy atom. The molecule has 0 saturated heterocycles. The molecule has 3 rings (SSSR count). The van der Waals surface area contributed by atoms with Crippen molar-refractivity contribution in [2.75, 3.05) is 0 Å². The number of aryl methyl sites for hydroxylation is 2. The Bertz CT molecular complexity index is 1050. The van der Waals surface area contributed by atoms with E-state index in [4.69, 9.17) is 10.3 Å². The van der Waals surface area contributed by atoms with Crippen molar-refractivity contribution < 1.29 is 22.5 Å². The van der Waals surface area contributed by atoms with Crippen LogP contribution in [0.4, 0.5) is 13.2 Å². The largest absolute Gasteiger partial charge is 0.407 e. The highest BCUT2D eigenvalue weighted by Gasteiger charge is 2.38. The van der Waals surface area contributed by atoms with Gasteiger partial charge in [-0.3, -0.25) is 9.78 Å². The smallest absolute Gasteiger partial charge is 0.342 e. The van der Waals surface area contributed by atoms with Crippen molar-refractivity contribution in [1.29, 1.82) is 0 Å². The number of carbonyl (C=O) groups is 1. The van der Waals surface area contributed by atoms with Crippen LogP contribution in [0.2, 0.25) is 0 Å². The van der Waals surface area contributed by atoms with Crippen LogP contribution in [0.5, 0.6) is 0 Å². The third-order valence-electron chi connectivity index (χ3n) is 4.41. The van der Waals surface area contributed by atoms with Crippen LogP contribution in [0, 0.1) is 13.8 Å². The number of nitrogens with zero attached hydrogens (tertiary/aromatic N) is 3. The Morgan fingerprint density at radius 2 is 1.93 bits per heavy atom. The van der Waals surface area contributed by atoms with Crippen LogP contribution >= 0.6 is 0 Å². The van der Waals surface area contributed by atoms with Gasteiger partial charge in [-0.2, -0.15) is 18.2 Å². The number of amides is 1. The number of halogens is 3. The minimum Gasteiger partial charge on any atom is -0.342 e. The van der Waals surface area contributed by atoms with Gasteiger partial charge in [0.05, 0.1) is 11.7 Å². The highest BCUT2D eigenvalue weighted by Crippen LogP contribution is 2.33. The molecule has 10 heteroatoms. The van der Waals surface area contributed by atoms with Crippen molar-refractivity contribution in [2.45, 2.75) is 39.0 Å². The van der Waals surface area contributed by atoms with Crippen molar-refractivity contribution in [3.63, 3.8) is 0 Å². The number of hydrogen-bond acceptors (Lipinski definition) is 6. The second-order valence-corrected chi connectivity index (χ2v) is 6.95. The summed E-state index contributed by atoms with van der Waals surface area (Å²) < 4.78 is 44.5. The zero-order chi connectivity index (χ0) is 22.1. The lowest BCUT2D eigenvalue weighted by Gasteiger charge is -2.18. The summed E-state index contributed by atoms with van der Waals surface area (Å²) in [6, 6.07) is 4.47. The number of aromatic nitrogens is 3. The molecule has 0 aliphatic rings. The van der Waals surface area contributed by atoms with E-state index in [0.29, 0.717) is 17.1 Å². The van der Waals surface area contributed by atoms with Gasteiger partial charge in [-0.25, -0.2) is 0 Å². The first-order valence-electron chi connectivity index (χ1n) is 9.06. The Labute approximate surface area is 170 Å². The number of nitrogens with one attached hydrogen (secondary N) is 1. The van der Waals surface area contributed by atoms with E-state index in [9.17, 15) is 18.0 Å². The lowest BCUT2D eigenvalue weighted by Crippen LogP contribution is -2.30. The van der Waals surface area contributed by atoms with Gasteiger partial charge in [0.1, 0.15) is 6.04 Å². The van der Waals surface area contributed by atoms with Crippen LogP contribution in [0.25, 0.3) is 11.3 Å². The maximum absolute atomic E-state index is 13.2. The molecule has 0 spiro atoms. The third kappa shape index (κ3) is 4.82. The molecule has 7 nitrogen and oxygen atoms in total. The fourth-order valence-corrected chi connectivity index (χ4v) is 2.77. The van der Waals surface area contributed by atoms with E-state index in [1.165, 1.54) is 12.1 Å². The van der Waals surface area contributed by atoms with Gasteiger partial charge in [0.15, 0.2) is 5.82 Å². The summed E-state index contributed by atoms with van der Waals surface area (Å²) in [5.41, 5.74) is 6.83. The molecule has 1 unspecified atom stereocenters. The second-order valence-electron chi connectivity index (χ2n) is 6.95. The van der Waals surface area contributed by atoms with E-state index in [2.05, 4.69) is 20.4 Å². The van der Waals surface area contributed by atoms with Gasteiger partial charge in [-0.15, -0.1) is 0 Å². The average Bonchev–Trinajstić information content (AvgIpc) is 3.13. The van der Waals surface area contributed by atoms with Crippen molar-refractivity contribution >= 4 is 5.91 Å². The SMILES string of the molecule is Cc1ccc(-c2cc(C(=O)N[C@H](C)c3noc(C)n3)cc(C(N)C(F)(F)F)c2)nc1. The fraction of sp³-hybridized carbons (Fsp3) is 0.300. The monoisotopic (exact) mass is 419 g/mol. The molecular weight excluding hydrogens is 399 g/mol. The molecule has 2 heterocycles. The van der Waals surface area contributed by atoms with Gasteiger partial charge in [-0.1, -0.05) is 11.2 Å². The summed E-state index contributed by atoms with van der Waals surface area (Å²) >= 11 is 0. The van der Waals surface area contributed by atoms with Crippen LogP contribution < -0.4 is 11.1 Å². The zero-order valence-electron chi connectivity index (χ0n) is 16.5. The number of hydrogen-bond donors (Lipinski definition) is 2. The van der Waals surface area contributed by atoms with Crippen LogP contribution in [-0.2, 0) is 0 Å². The Hall–Kier alpha value is -3.27. The van der Waals surface area contributed by atoms with Crippen LogP contribution in [0.3, 0.4) is 0 Å². The Kier molecular flexibility index (Phi) is 5.88. The van der Waals surface area contributed by atoms with Gasteiger partial charge in [-0.05, 0) is 49.2 Å². The minimum absolute atomic E-state index is 0.0108. The van der Waals surface area contributed by atoms with Gasteiger partial charge in [0.25, 0.3) is 5.91 Å². The Balaban J connectivity index is 1.98. The highest BCUT2D eigenvalue weighted by molar-refractivity contribution is 5.96. The molecule has 0 fully saturated rings. The van der Waals surface area contributed by atoms with E-state index in [-0.39, 0.29) is 17.0 Å². The average molecular weight is 419 g/mol. The molecule has 0 bridgehead atoms. The molecule has 1 aromatic carbocycles. The number of benzene rings is 1. The van der Waals surface area contributed by atoms with Gasteiger partial charge in [0, 0.05) is 24.2 Å². The van der Waals surface area contributed by atoms with Gasteiger partial charge >= 0.3 is 6.18 Å². The first-order valence-corrected chi connectivity index (χ1v) is 9.06. The van der Waals surface area contributed by atoms with Gasteiger partial charge < -0.3 is 15.6 Å². The standard InChI is InChI=1S/C20H20F3N5O2/c1-10-4-5-16(25-9-10)13-6-14(17(24)20(21,22)23)8-15(7-13)19(29)26-11(2)18-27-12(3)30-28-18/h4-9,11,17H,24H2,1-3H3,(H,26,29)/t11-,17?/m1/s1. The molecule has 1 amide bonds. The van der Waals surface area contributed by atoms with E-state index < -0.39 is 24.2 Å². The van der Waals surface area contributed by atoms with Crippen molar-refractivity contribution in [1.82, 2.24) is 20.4 Å². The first-order chi connectivity index (χ1) is 14.0. The summed E-state index contributed by atoms with van der Waals surface area (Å²) in [6.07, 6.45) is -3.07. The van der Waals surface area contributed by atoms with Crippen molar-refractivity contribution in [2.24, 2.45) is 5.73 Å². The van der Waals surface area contributed by atoms with E-state index in [1.807, 2.05) is 6.92 Å². The lowest BCUT2D eigenvalue weighted by atomic mass is 9.98. The summed E-state index contributed by atoms with van der Waals surface area (Å²) in [5, 5.41) is 6.39. The number of alkyl halides is 3. The maximum Gasteiger partial charge on any atom is 0.407 e. The molecule has 0 radical (unpaired) electrons. The predicted octanol–water partition coefficient (Wildman–Crippen LogP) is 3.80. The molecule has 2 aromatic heterocycles. The maximum atomic E-state index is 13.2. The summed E-state index contributed by atoms with van der Waals surface area (Å²) in [5.74, 6) is -0.0176. The number of carbonyl (C=O) groups excluding carboxylic acids is 1. The lowest BCUT2D eigenvalue weighted by molar-refractivity contribution is -0.149. The quantitative estimate of drug-likeness (QED) is 0.651. The number of pyridine rings is 1. The minimum atomic E-state index is -4.66. The normalized spacial score (nSPS) is 13.7. The van der Waals surface area contributed by atoms with Crippen molar-refractivity contribution in [3.8, 4) is 11.3 Å². The van der Waals surface area contributed by atoms with Gasteiger partial charge in [0.2, 0.25) is 5.89 Å². The predicted molar refractivity (Wildman–Crippen MR) is 102 cm³/mol.